The van der Waals surface area contributed by atoms with Gasteiger partial charge in [0.25, 0.3) is 5.91 Å². The van der Waals surface area contributed by atoms with Crippen molar-refractivity contribution in [1.82, 2.24) is 4.90 Å². The number of carbonyl (C=O) groups excluding carboxylic acids is 1. The van der Waals surface area contributed by atoms with Gasteiger partial charge in [-0.05, 0) is 111 Å². The van der Waals surface area contributed by atoms with Crippen LogP contribution in [0, 0.1) is 0 Å². The number of aliphatic imine (C=N–C) groups is 1. The number of amidine groups is 1. The van der Waals surface area contributed by atoms with E-state index in [9.17, 15) is 4.79 Å². The number of nitrogens with zero attached hydrogens (tertiary/aromatic N) is 2. The summed E-state index contributed by atoms with van der Waals surface area (Å²) in [5, 5.41) is 3.14. The molecule has 0 radical (unpaired) electrons. The smallest absolute Gasteiger partial charge is 0.266 e. The highest BCUT2D eigenvalue weighted by molar-refractivity contribution is 9.11. The van der Waals surface area contributed by atoms with Gasteiger partial charge in [0.1, 0.15) is 12.4 Å². The summed E-state index contributed by atoms with van der Waals surface area (Å²) in [6, 6.07) is 18.7. The highest BCUT2D eigenvalue weighted by Gasteiger charge is 2.35. The highest BCUT2D eigenvalue weighted by atomic mass is 79.9. The molecule has 0 atom stereocenters. The van der Waals surface area contributed by atoms with Gasteiger partial charge < -0.3 is 4.74 Å². The molecule has 0 spiro atoms. The van der Waals surface area contributed by atoms with E-state index in [-0.39, 0.29) is 18.0 Å². The maximum absolute atomic E-state index is 13.1. The third-order valence-electron chi connectivity index (χ3n) is 5.29. The standard InChI is InChI=1S/C27H26Br2N2O2S/c1-16(2)30-27-31(17(3)4)26(32)24(34-27)14-18-12-22(28)25(23(29)13-18)33-15-20-10-7-9-19-8-5-6-11-21(19)20/h5-14,16-17H,15H2,1-4H3/b24-14+,30-27?. The monoisotopic (exact) mass is 600 g/mol. The Morgan fingerprint density at radius 1 is 1.03 bits per heavy atom. The second-order valence-electron chi connectivity index (χ2n) is 8.63. The molecule has 0 bridgehead atoms. The molecule has 176 valence electrons. The van der Waals surface area contributed by atoms with Gasteiger partial charge in [-0.3, -0.25) is 14.7 Å². The van der Waals surface area contributed by atoms with Crippen molar-refractivity contribution >= 4 is 71.5 Å². The predicted octanol–water partition coefficient (Wildman–Crippen LogP) is 8.03. The van der Waals surface area contributed by atoms with Crippen LogP contribution in [0.4, 0.5) is 0 Å². The molecule has 4 rings (SSSR count). The van der Waals surface area contributed by atoms with Gasteiger partial charge in [-0.25, -0.2) is 0 Å². The minimum absolute atomic E-state index is 0.0112. The molecule has 0 aliphatic carbocycles. The van der Waals surface area contributed by atoms with Crippen molar-refractivity contribution in [1.29, 1.82) is 0 Å². The number of thioether (sulfide) groups is 1. The van der Waals surface area contributed by atoms with E-state index in [0.717, 1.165) is 31.0 Å². The zero-order valence-corrected chi connectivity index (χ0v) is 23.5. The summed E-state index contributed by atoms with van der Waals surface area (Å²) < 4.78 is 7.84. The summed E-state index contributed by atoms with van der Waals surface area (Å²) in [4.78, 5) is 20.1. The van der Waals surface area contributed by atoms with Crippen molar-refractivity contribution in [3.8, 4) is 5.75 Å². The maximum atomic E-state index is 13.1. The van der Waals surface area contributed by atoms with E-state index in [4.69, 9.17) is 4.74 Å². The molecule has 1 saturated heterocycles. The van der Waals surface area contributed by atoms with Gasteiger partial charge in [0.05, 0.1) is 13.9 Å². The largest absolute Gasteiger partial charge is 0.487 e. The number of carbonyl (C=O) groups is 1. The van der Waals surface area contributed by atoms with E-state index in [1.807, 2.05) is 64.1 Å². The Balaban J connectivity index is 1.58. The van der Waals surface area contributed by atoms with Crippen molar-refractivity contribution < 1.29 is 9.53 Å². The fraction of sp³-hybridized carbons (Fsp3) is 0.259. The summed E-state index contributed by atoms with van der Waals surface area (Å²) in [5.74, 6) is 0.717. The molecule has 1 aliphatic rings. The van der Waals surface area contributed by atoms with Crippen LogP contribution in [0.25, 0.3) is 16.8 Å². The van der Waals surface area contributed by atoms with Crippen molar-refractivity contribution in [2.24, 2.45) is 4.99 Å². The topological polar surface area (TPSA) is 41.9 Å². The summed E-state index contributed by atoms with van der Waals surface area (Å²) >= 11 is 8.74. The summed E-state index contributed by atoms with van der Waals surface area (Å²) in [6.45, 7) is 8.50. The second-order valence-corrected chi connectivity index (χ2v) is 11.3. The number of hydrogen-bond donors (Lipinski definition) is 0. The van der Waals surface area contributed by atoms with Gasteiger partial charge in [-0.15, -0.1) is 0 Å². The van der Waals surface area contributed by atoms with Gasteiger partial charge in [-0.1, -0.05) is 42.5 Å². The molecule has 3 aromatic rings. The Morgan fingerprint density at radius 3 is 2.38 bits per heavy atom. The van der Waals surface area contributed by atoms with Gasteiger partial charge in [0.15, 0.2) is 5.17 Å². The number of ether oxygens (including phenoxy) is 1. The minimum atomic E-state index is -0.0112. The Hall–Kier alpha value is -2.09. The van der Waals surface area contributed by atoms with Gasteiger partial charge in [-0.2, -0.15) is 0 Å². The lowest BCUT2D eigenvalue weighted by Gasteiger charge is -2.20. The molecule has 0 N–H and O–H groups in total. The van der Waals surface area contributed by atoms with Crippen LogP contribution in [0.3, 0.4) is 0 Å². The molecule has 4 nitrogen and oxygen atoms in total. The second kappa shape index (κ2) is 10.7. The Labute approximate surface area is 221 Å². The Morgan fingerprint density at radius 2 is 1.71 bits per heavy atom. The first-order chi connectivity index (χ1) is 16.2. The van der Waals surface area contributed by atoms with Crippen LogP contribution in [-0.4, -0.2) is 28.1 Å². The number of benzene rings is 3. The lowest BCUT2D eigenvalue weighted by molar-refractivity contribution is -0.123. The predicted molar refractivity (Wildman–Crippen MR) is 150 cm³/mol. The Bertz CT molecular complexity index is 1270. The maximum Gasteiger partial charge on any atom is 0.266 e. The summed E-state index contributed by atoms with van der Waals surface area (Å²) in [5.41, 5.74) is 2.03. The fourth-order valence-electron chi connectivity index (χ4n) is 3.77. The van der Waals surface area contributed by atoms with E-state index in [2.05, 4.69) is 61.1 Å². The Kier molecular flexibility index (Phi) is 7.85. The van der Waals surface area contributed by atoms with E-state index < -0.39 is 0 Å². The lowest BCUT2D eigenvalue weighted by Crippen LogP contribution is -2.35. The van der Waals surface area contributed by atoms with Gasteiger partial charge in [0, 0.05) is 12.1 Å². The number of rotatable bonds is 6. The molecule has 1 amide bonds. The number of halogens is 2. The van der Waals surface area contributed by atoms with Crippen LogP contribution in [0.1, 0.15) is 38.8 Å². The first kappa shape index (κ1) is 25.0. The molecule has 0 saturated carbocycles. The van der Waals surface area contributed by atoms with Crippen LogP contribution in [0.5, 0.6) is 5.75 Å². The van der Waals surface area contributed by atoms with E-state index >= 15 is 0 Å². The average Bonchev–Trinajstić information content (AvgIpc) is 3.07. The van der Waals surface area contributed by atoms with Crippen molar-refractivity contribution in [3.63, 3.8) is 0 Å². The number of fused-ring (bicyclic) bond motifs is 1. The molecule has 1 heterocycles. The van der Waals surface area contributed by atoms with E-state index in [1.54, 1.807) is 4.90 Å². The third-order valence-corrected chi connectivity index (χ3v) is 7.47. The number of amides is 1. The molecule has 1 fully saturated rings. The van der Waals surface area contributed by atoms with Crippen LogP contribution >= 0.6 is 43.6 Å². The first-order valence-electron chi connectivity index (χ1n) is 11.1. The molecule has 1 aliphatic heterocycles. The van der Waals surface area contributed by atoms with Crippen LogP contribution in [0.2, 0.25) is 0 Å². The lowest BCUT2D eigenvalue weighted by atomic mass is 10.1. The third kappa shape index (κ3) is 5.42. The molecular formula is C27H26Br2N2O2S. The first-order valence-corrected chi connectivity index (χ1v) is 13.5. The van der Waals surface area contributed by atoms with E-state index in [1.165, 1.54) is 22.5 Å². The van der Waals surface area contributed by atoms with Crippen LogP contribution in [0.15, 0.2) is 73.4 Å². The van der Waals surface area contributed by atoms with Crippen molar-refractivity contribution in [2.75, 3.05) is 0 Å². The molecule has 0 unspecified atom stereocenters. The zero-order chi connectivity index (χ0) is 24.4. The normalized spacial score (nSPS) is 16.6. The molecular weight excluding hydrogens is 576 g/mol. The van der Waals surface area contributed by atoms with Gasteiger partial charge >= 0.3 is 0 Å². The van der Waals surface area contributed by atoms with Crippen molar-refractivity contribution in [3.05, 3.63) is 79.6 Å². The molecule has 7 heteroatoms. The molecule has 0 aromatic heterocycles. The number of hydrogen-bond acceptors (Lipinski definition) is 4. The minimum Gasteiger partial charge on any atom is -0.487 e. The van der Waals surface area contributed by atoms with Crippen LogP contribution < -0.4 is 4.74 Å². The van der Waals surface area contributed by atoms with Gasteiger partial charge in [0.2, 0.25) is 0 Å². The zero-order valence-electron chi connectivity index (χ0n) is 19.5. The highest BCUT2D eigenvalue weighted by Crippen LogP contribution is 2.39. The molecule has 34 heavy (non-hydrogen) atoms. The molecule has 3 aromatic carbocycles. The quantitative estimate of drug-likeness (QED) is 0.269. The average molecular weight is 602 g/mol. The van der Waals surface area contributed by atoms with Crippen molar-refractivity contribution in [2.45, 2.75) is 46.4 Å². The summed E-state index contributed by atoms with van der Waals surface area (Å²) in [7, 11) is 0. The SMILES string of the molecule is CC(C)N=C1S/C(=C/c2cc(Br)c(OCc3cccc4ccccc34)c(Br)c2)C(=O)N1C(C)C. The van der Waals surface area contributed by atoms with E-state index in [0.29, 0.717) is 11.5 Å². The summed E-state index contributed by atoms with van der Waals surface area (Å²) in [6.07, 6.45) is 1.91. The fourth-order valence-corrected chi connectivity index (χ4v) is 6.46. The van der Waals surface area contributed by atoms with Crippen LogP contribution in [-0.2, 0) is 11.4 Å².